The van der Waals surface area contributed by atoms with Crippen molar-refractivity contribution in [1.29, 1.82) is 0 Å². The standard InChI is InChI=1S/C13H18N2O2/c1-13(2)5-3-10(8-13)15-11-7-9(12(16)17)4-6-14-11/h4,6-7,10H,3,5,8H2,1-2H3,(H,14,15)(H,16,17). The summed E-state index contributed by atoms with van der Waals surface area (Å²) in [6.07, 6.45) is 4.95. The third-order valence-corrected chi connectivity index (χ3v) is 3.33. The summed E-state index contributed by atoms with van der Waals surface area (Å²) in [4.78, 5) is 15.0. The van der Waals surface area contributed by atoms with Gasteiger partial charge >= 0.3 is 5.97 Å². The first kappa shape index (κ1) is 11.9. The molecule has 0 spiro atoms. The molecule has 0 bridgehead atoms. The molecule has 17 heavy (non-hydrogen) atoms. The van der Waals surface area contributed by atoms with E-state index in [0.29, 0.717) is 17.3 Å². The maximum absolute atomic E-state index is 10.8. The van der Waals surface area contributed by atoms with Crippen LogP contribution >= 0.6 is 0 Å². The van der Waals surface area contributed by atoms with Crippen molar-refractivity contribution in [3.8, 4) is 0 Å². The van der Waals surface area contributed by atoms with Crippen LogP contribution in [0.25, 0.3) is 0 Å². The van der Waals surface area contributed by atoms with Crippen LogP contribution in [0.5, 0.6) is 0 Å². The van der Waals surface area contributed by atoms with E-state index in [9.17, 15) is 4.79 Å². The molecule has 2 N–H and O–H groups in total. The average Bonchev–Trinajstić information content (AvgIpc) is 2.58. The number of aromatic nitrogens is 1. The summed E-state index contributed by atoms with van der Waals surface area (Å²) in [5, 5.41) is 12.2. The summed E-state index contributed by atoms with van der Waals surface area (Å²) in [5.41, 5.74) is 0.655. The topological polar surface area (TPSA) is 62.2 Å². The molecule has 1 aliphatic carbocycles. The minimum Gasteiger partial charge on any atom is -0.478 e. The van der Waals surface area contributed by atoms with E-state index in [1.54, 1.807) is 6.07 Å². The van der Waals surface area contributed by atoms with Gasteiger partial charge in [-0.05, 0) is 36.8 Å². The van der Waals surface area contributed by atoms with E-state index in [1.165, 1.54) is 18.7 Å². The molecule has 1 aromatic heterocycles. The van der Waals surface area contributed by atoms with Crippen molar-refractivity contribution in [2.75, 3.05) is 5.32 Å². The molecule has 0 aromatic carbocycles. The molecule has 1 atom stereocenters. The lowest BCUT2D eigenvalue weighted by Gasteiger charge is -2.18. The van der Waals surface area contributed by atoms with Gasteiger partial charge in [-0.25, -0.2) is 9.78 Å². The lowest BCUT2D eigenvalue weighted by Crippen LogP contribution is -2.18. The number of nitrogens with one attached hydrogen (secondary N) is 1. The maximum atomic E-state index is 10.8. The largest absolute Gasteiger partial charge is 0.478 e. The van der Waals surface area contributed by atoms with E-state index >= 15 is 0 Å². The predicted octanol–water partition coefficient (Wildman–Crippen LogP) is 2.77. The van der Waals surface area contributed by atoms with Gasteiger partial charge in [-0.15, -0.1) is 0 Å². The predicted molar refractivity (Wildman–Crippen MR) is 66.2 cm³/mol. The van der Waals surface area contributed by atoms with Gasteiger partial charge in [0.15, 0.2) is 0 Å². The summed E-state index contributed by atoms with van der Waals surface area (Å²) in [5.74, 6) is -0.255. The summed E-state index contributed by atoms with van der Waals surface area (Å²) in [6.45, 7) is 4.52. The van der Waals surface area contributed by atoms with Gasteiger partial charge in [0.1, 0.15) is 5.82 Å². The molecule has 0 aliphatic heterocycles. The number of hydrogen-bond acceptors (Lipinski definition) is 3. The van der Waals surface area contributed by atoms with E-state index in [-0.39, 0.29) is 5.56 Å². The summed E-state index contributed by atoms with van der Waals surface area (Å²) in [6, 6.07) is 3.50. The molecule has 4 heteroatoms. The number of carboxylic acid groups (broad SMARTS) is 1. The van der Waals surface area contributed by atoms with Crippen molar-refractivity contribution in [1.82, 2.24) is 4.98 Å². The van der Waals surface area contributed by atoms with Gasteiger partial charge in [-0.2, -0.15) is 0 Å². The van der Waals surface area contributed by atoms with Crippen molar-refractivity contribution in [3.63, 3.8) is 0 Å². The first-order valence-electron chi connectivity index (χ1n) is 5.92. The SMILES string of the molecule is CC1(C)CCC(Nc2cc(C(=O)O)ccn2)C1. The van der Waals surface area contributed by atoms with Crippen molar-refractivity contribution in [2.24, 2.45) is 5.41 Å². The Morgan fingerprint density at radius 1 is 1.59 bits per heavy atom. The summed E-state index contributed by atoms with van der Waals surface area (Å²) >= 11 is 0. The highest BCUT2D eigenvalue weighted by Gasteiger charge is 2.30. The van der Waals surface area contributed by atoms with Gasteiger partial charge in [0, 0.05) is 12.2 Å². The molecule has 1 fully saturated rings. The monoisotopic (exact) mass is 234 g/mol. The van der Waals surface area contributed by atoms with Crippen LogP contribution in [-0.4, -0.2) is 22.1 Å². The molecule has 1 heterocycles. The van der Waals surface area contributed by atoms with Crippen LogP contribution in [0.15, 0.2) is 18.3 Å². The van der Waals surface area contributed by atoms with Gasteiger partial charge in [0.2, 0.25) is 0 Å². The second-order valence-corrected chi connectivity index (χ2v) is 5.48. The maximum Gasteiger partial charge on any atom is 0.335 e. The second kappa shape index (κ2) is 4.35. The van der Waals surface area contributed by atoms with E-state index in [1.807, 2.05) is 0 Å². The number of pyridine rings is 1. The third-order valence-electron chi connectivity index (χ3n) is 3.33. The molecule has 1 unspecified atom stereocenters. The number of hydrogen-bond donors (Lipinski definition) is 2. The Balaban J connectivity index is 2.04. The van der Waals surface area contributed by atoms with E-state index in [2.05, 4.69) is 24.1 Å². The van der Waals surface area contributed by atoms with Crippen LogP contribution in [0.3, 0.4) is 0 Å². The minimum absolute atomic E-state index is 0.278. The molecule has 0 saturated heterocycles. The van der Waals surface area contributed by atoms with Crippen molar-refractivity contribution in [2.45, 2.75) is 39.2 Å². The zero-order valence-electron chi connectivity index (χ0n) is 10.2. The Morgan fingerprint density at radius 3 is 2.94 bits per heavy atom. The van der Waals surface area contributed by atoms with Crippen molar-refractivity contribution in [3.05, 3.63) is 23.9 Å². The highest BCUT2D eigenvalue weighted by atomic mass is 16.4. The number of anilines is 1. The quantitative estimate of drug-likeness (QED) is 0.844. The Bertz CT molecular complexity index is 429. The Hall–Kier alpha value is -1.58. The molecular formula is C13H18N2O2. The molecule has 1 aromatic rings. The average molecular weight is 234 g/mol. The number of rotatable bonds is 3. The fourth-order valence-electron chi connectivity index (χ4n) is 2.41. The fraction of sp³-hybridized carbons (Fsp3) is 0.538. The first-order chi connectivity index (χ1) is 7.96. The van der Waals surface area contributed by atoms with Gasteiger partial charge in [0.05, 0.1) is 5.56 Å². The minimum atomic E-state index is -0.915. The van der Waals surface area contributed by atoms with E-state index < -0.39 is 5.97 Å². The van der Waals surface area contributed by atoms with E-state index in [0.717, 1.165) is 12.8 Å². The van der Waals surface area contributed by atoms with Crippen LogP contribution in [0.4, 0.5) is 5.82 Å². The van der Waals surface area contributed by atoms with Gasteiger partial charge in [0.25, 0.3) is 0 Å². The van der Waals surface area contributed by atoms with Crippen molar-refractivity contribution >= 4 is 11.8 Å². The fourth-order valence-corrected chi connectivity index (χ4v) is 2.41. The number of carbonyl (C=O) groups is 1. The lowest BCUT2D eigenvalue weighted by molar-refractivity contribution is 0.0697. The molecule has 92 valence electrons. The zero-order valence-corrected chi connectivity index (χ0v) is 10.2. The number of carboxylic acids is 1. The summed E-state index contributed by atoms with van der Waals surface area (Å²) < 4.78 is 0. The van der Waals surface area contributed by atoms with Crippen LogP contribution in [-0.2, 0) is 0 Å². The number of aromatic carboxylic acids is 1. The third kappa shape index (κ3) is 2.96. The highest BCUT2D eigenvalue weighted by molar-refractivity contribution is 5.88. The highest BCUT2D eigenvalue weighted by Crippen LogP contribution is 2.38. The van der Waals surface area contributed by atoms with Crippen LogP contribution in [0.2, 0.25) is 0 Å². The van der Waals surface area contributed by atoms with Gasteiger partial charge in [-0.1, -0.05) is 13.8 Å². The molecule has 4 nitrogen and oxygen atoms in total. The van der Waals surface area contributed by atoms with Crippen LogP contribution in [0.1, 0.15) is 43.5 Å². The molecule has 1 aliphatic rings. The Labute approximate surface area is 101 Å². The van der Waals surface area contributed by atoms with Gasteiger partial charge in [-0.3, -0.25) is 0 Å². The van der Waals surface area contributed by atoms with Crippen LogP contribution in [0, 0.1) is 5.41 Å². The normalized spacial score (nSPS) is 22.4. The number of nitrogens with zero attached hydrogens (tertiary/aromatic N) is 1. The molecule has 0 radical (unpaired) electrons. The molecule has 0 amide bonds. The van der Waals surface area contributed by atoms with Crippen molar-refractivity contribution < 1.29 is 9.90 Å². The molecule has 2 rings (SSSR count). The Morgan fingerprint density at radius 2 is 2.35 bits per heavy atom. The molecule has 1 saturated carbocycles. The van der Waals surface area contributed by atoms with Gasteiger partial charge < -0.3 is 10.4 Å². The van der Waals surface area contributed by atoms with E-state index in [4.69, 9.17) is 5.11 Å². The second-order valence-electron chi connectivity index (χ2n) is 5.48. The lowest BCUT2D eigenvalue weighted by atomic mass is 9.92. The zero-order chi connectivity index (χ0) is 12.5. The summed E-state index contributed by atoms with van der Waals surface area (Å²) in [7, 11) is 0. The first-order valence-corrected chi connectivity index (χ1v) is 5.92. The molecular weight excluding hydrogens is 216 g/mol. The smallest absolute Gasteiger partial charge is 0.335 e. The van der Waals surface area contributed by atoms with Crippen LogP contribution < -0.4 is 5.32 Å². The Kier molecular flexibility index (Phi) is 3.05.